The molecule has 1 rings (SSSR count). The molecule has 1 saturated heterocycles. The third kappa shape index (κ3) is 10.0. The van der Waals surface area contributed by atoms with Crippen molar-refractivity contribution in [3.05, 3.63) is 0 Å². The highest BCUT2D eigenvalue weighted by molar-refractivity contribution is 7.98. The van der Waals surface area contributed by atoms with Gasteiger partial charge >= 0.3 is 0 Å². The molecule has 1 heterocycles. The van der Waals surface area contributed by atoms with Crippen LogP contribution in [0, 0.1) is 0 Å². The maximum atomic E-state index is 9.63. The molecule has 1 fully saturated rings. The Bertz CT molecular complexity index is 178. The smallest absolute Gasteiger partial charge is 0.102 e. The van der Waals surface area contributed by atoms with E-state index in [4.69, 9.17) is 4.74 Å². The number of ether oxygens (including phenoxy) is 1. The van der Waals surface area contributed by atoms with E-state index in [1.807, 2.05) is 6.26 Å². The Kier molecular flexibility index (Phi) is 7.82. The van der Waals surface area contributed by atoms with E-state index in [1.54, 1.807) is 0 Å². The number of likely N-dealkylation sites (N-methyl/N-ethyl adjacent to an activating group) is 1. The second-order valence-corrected chi connectivity index (χ2v) is 5.10. The van der Waals surface area contributed by atoms with Crippen molar-refractivity contribution in [2.24, 2.45) is 0 Å². The van der Waals surface area contributed by atoms with Crippen molar-refractivity contribution >= 4 is 17.7 Å². The van der Waals surface area contributed by atoms with Crippen LogP contribution in [0.15, 0.2) is 0 Å². The van der Waals surface area contributed by atoms with Gasteiger partial charge in [0.1, 0.15) is 13.1 Å². The van der Waals surface area contributed by atoms with E-state index in [0.29, 0.717) is 5.75 Å². The van der Waals surface area contributed by atoms with Gasteiger partial charge in [-0.15, -0.1) is 0 Å². The van der Waals surface area contributed by atoms with E-state index in [1.165, 1.54) is 24.9 Å². The molecule has 0 unspecified atom stereocenters. The molecule has 0 aliphatic carbocycles. The molecule has 5 heteroatoms. The SMILES string of the molecule is CSCCC(=O)[O-].C[N+]1(C)CCOCC1. The van der Waals surface area contributed by atoms with E-state index < -0.39 is 5.97 Å². The van der Waals surface area contributed by atoms with Gasteiger partial charge < -0.3 is 19.1 Å². The standard InChI is InChI=1S/C6H14NO.C4H8O2S/c1-7(2)3-5-8-6-4-7;1-7-3-2-4(5)6/h3-6H2,1-2H3;2-3H2,1H3,(H,5,6)/q+1;/p-1. The fraction of sp³-hybridized carbons (Fsp3) is 0.900. The Morgan fingerprint density at radius 1 is 1.40 bits per heavy atom. The lowest BCUT2D eigenvalue weighted by molar-refractivity contribution is -0.898. The van der Waals surface area contributed by atoms with Gasteiger partial charge in [-0.25, -0.2) is 0 Å². The third-order valence-corrected chi connectivity index (χ3v) is 2.80. The van der Waals surface area contributed by atoms with E-state index in [9.17, 15) is 9.90 Å². The summed E-state index contributed by atoms with van der Waals surface area (Å²) in [7, 11) is 4.48. The van der Waals surface area contributed by atoms with Crippen LogP contribution < -0.4 is 5.11 Å². The normalized spacial score (nSPS) is 18.9. The summed E-state index contributed by atoms with van der Waals surface area (Å²) in [6, 6.07) is 0. The molecule has 0 aromatic heterocycles. The van der Waals surface area contributed by atoms with Crippen molar-refractivity contribution in [1.29, 1.82) is 0 Å². The average molecular weight is 235 g/mol. The first-order valence-electron chi connectivity index (χ1n) is 5.06. The Labute approximate surface area is 96.2 Å². The highest BCUT2D eigenvalue weighted by Gasteiger charge is 2.18. The monoisotopic (exact) mass is 235 g/mol. The molecule has 0 aromatic carbocycles. The summed E-state index contributed by atoms with van der Waals surface area (Å²) in [5, 5.41) is 9.63. The average Bonchev–Trinajstić information content (AvgIpc) is 2.15. The number of carboxylic acid groups (broad SMARTS) is 1. The molecule has 0 aromatic rings. The van der Waals surface area contributed by atoms with Gasteiger partial charge in [-0.05, 0) is 18.4 Å². The molecule has 1 aliphatic heterocycles. The van der Waals surface area contributed by atoms with Gasteiger partial charge in [0, 0.05) is 5.97 Å². The Balaban J connectivity index is 0.000000265. The molecule has 15 heavy (non-hydrogen) atoms. The van der Waals surface area contributed by atoms with Crippen molar-refractivity contribution in [3.63, 3.8) is 0 Å². The largest absolute Gasteiger partial charge is 0.550 e. The van der Waals surface area contributed by atoms with Crippen molar-refractivity contribution in [2.75, 3.05) is 52.4 Å². The molecule has 4 nitrogen and oxygen atoms in total. The van der Waals surface area contributed by atoms with E-state index in [2.05, 4.69) is 14.1 Å². The number of quaternary nitrogens is 1. The fourth-order valence-corrected chi connectivity index (χ4v) is 1.39. The van der Waals surface area contributed by atoms with Crippen LogP contribution in [-0.2, 0) is 9.53 Å². The van der Waals surface area contributed by atoms with Crippen LogP contribution in [0.4, 0.5) is 0 Å². The molecular formula is C10H21NO3S. The topological polar surface area (TPSA) is 49.4 Å². The summed E-state index contributed by atoms with van der Waals surface area (Å²) < 4.78 is 6.31. The summed E-state index contributed by atoms with van der Waals surface area (Å²) >= 11 is 1.51. The quantitative estimate of drug-likeness (QED) is 0.624. The first kappa shape index (κ1) is 14.7. The van der Waals surface area contributed by atoms with Gasteiger partial charge in [0.2, 0.25) is 0 Å². The van der Waals surface area contributed by atoms with Crippen molar-refractivity contribution in [2.45, 2.75) is 6.42 Å². The molecule has 90 valence electrons. The van der Waals surface area contributed by atoms with Gasteiger partial charge in [0.15, 0.2) is 0 Å². The number of thioether (sulfide) groups is 1. The lowest BCUT2D eigenvalue weighted by atomic mass is 10.4. The van der Waals surface area contributed by atoms with Crippen LogP contribution in [0.1, 0.15) is 6.42 Å². The molecular weight excluding hydrogens is 214 g/mol. The summed E-state index contributed by atoms with van der Waals surface area (Å²) in [4.78, 5) is 9.63. The second kappa shape index (κ2) is 7.96. The van der Waals surface area contributed by atoms with Crippen LogP contribution in [-0.4, -0.2) is 62.9 Å². The Hall–Kier alpha value is -0.260. The minimum Gasteiger partial charge on any atom is -0.550 e. The van der Waals surface area contributed by atoms with Crippen LogP contribution in [0.2, 0.25) is 0 Å². The second-order valence-electron chi connectivity index (χ2n) is 4.11. The first-order valence-corrected chi connectivity index (χ1v) is 6.46. The summed E-state index contributed by atoms with van der Waals surface area (Å²) in [6.07, 6.45) is 2.03. The van der Waals surface area contributed by atoms with Crippen LogP contribution in [0.3, 0.4) is 0 Å². The van der Waals surface area contributed by atoms with Gasteiger partial charge in [-0.3, -0.25) is 0 Å². The van der Waals surface area contributed by atoms with Crippen LogP contribution in [0.25, 0.3) is 0 Å². The minimum absolute atomic E-state index is 0.168. The molecule has 0 radical (unpaired) electrons. The number of aliphatic carboxylic acids is 1. The number of carbonyl (C=O) groups is 1. The van der Waals surface area contributed by atoms with E-state index in [-0.39, 0.29) is 6.42 Å². The summed E-state index contributed by atoms with van der Waals surface area (Å²) in [6.45, 7) is 4.21. The number of carboxylic acids is 1. The highest BCUT2D eigenvalue weighted by Crippen LogP contribution is 2.01. The number of rotatable bonds is 3. The predicted octanol–water partition coefficient (Wildman–Crippen LogP) is -0.418. The third-order valence-electron chi connectivity index (χ3n) is 2.19. The number of carbonyl (C=O) groups excluding carboxylic acids is 1. The zero-order valence-corrected chi connectivity index (χ0v) is 10.6. The zero-order valence-electron chi connectivity index (χ0n) is 9.82. The maximum absolute atomic E-state index is 9.63. The van der Waals surface area contributed by atoms with Crippen molar-refractivity contribution in [1.82, 2.24) is 0 Å². The number of morpholine rings is 1. The molecule has 0 amide bonds. The Morgan fingerprint density at radius 2 is 1.93 bits per heavy atom. The maximum Gasteiger partial charge on any atom is 0.102 e. The number of hydrogen-bond donors (Lipinski definition) is 0. The lowest BCUT2D eigenvalue weighted by Crippen LogP contribution is -2.48. The molecule has 0 atom stereocenters. The van der Waals surface area contributed by atoms with Gasteiger partial charge in [-0.2, -0.15) is 11.8 Å². The molecule has 0 spiro atoms. The van der Waals surface area contributed by atoms with Crippen LogP contribution >= 0.6 is 11.8 Å². The fourth-order valence-electron chi connectivity index (χ4n) is 1.02. The molecule has 0 N–H and O–H groups in total. The summed E-state index contributed by atoms with van der Waals surface area (Å²) in [5.41, 5.74) is 0. The van der Waals surface area contributed by atoms with Crippen molar-refractivity contribution < 1.29 is 19.1 Å². The zero-order chi connectivity index (χ0) is 11.7. The minimum atomic E-state index is -0.964. The van der Waals surface area contributed by atoms with Gasteiger partial charge in [0.25, 0.3) is 0 Å². The van der Waals surface area contributed by atoms with E-state index >= 15 is 0 Å². The predicted molar refractivity (Wildman–Crippen MR) is 60.7 cm³/mol. The molecule has 0 saturated carbocycles. The van der Waals surface area contributed by atoms with Gasteiger partial charge in [0.05, 0.1) is 27.3 Å². The van der Waals surface area contributed by atoms with E-state index in [0.717, 1.165) is 17.7 Å². The first-order chi connectivity index (χ1) is 6.98. The van der Waals surface area contributed by atoms with Gasteiger partial charge in [-0.1, -0.05) is 0 Å². The number of nitrogens with zero attached hydrogens (tertiary/aromatic N) is 1. The number of hydrogen-bond acceptors (Lipinski definition) is 4. The van der Waals surface area contributed by atoms with Crippen LogP contribution in [0.5, 0.6) is 0 Å². The lowest BCUT2D eigenvalue weighted by Gasteiger charge is -2.33. The highest BCUT2D eigenvalue weighted by atomic mass is 32.2. The summed E-state index contributed by atoms with van der Waals surface area (Å²) in [5.74, 6) is -0.308. The van der Waals surface area contributed by atoms with Crippen molar-refractivity contribution in [3.8, 4) is 0 Å². The Morgan fingerprint density at radius 3 is 2.13 bits per heavy atom. The molecule has 1 aliphatic rings. The molecule has 0 bridgehead atoms.